The van der Waals surface area contributed by atoms with Crippen molar-refractivity contribution in [3.05, 3.63) is 55.3 Å². The van der Waals surface area contributed by atoms with Crippen LogP contribution < -0.4 is 5.32 Å². The molecule has 106 valence electrons. The number of rotatable bonds is 5. The van der Waals surface area contributed by atoms with Crippen LogP contribution in [0.15, 0.2) is 35.7 Å². The molecule has 1 aliphatic carbocycles. The summed E-state index contributed by atoms with van der Waals surface area (Å²) < 4.78 is 1.36. The number of thiophene rings is 1. The van der Waals surface area contributed by atoms with Crippen LogP contribution in [0, 0.1) is 2.88 Å². The first-order valence-electron chi connectivity index (χ1n) is 7.35. The molecule has 20 heavy (non-hydrogen) atoms. The van der Waals surface area contributed by atoms with Gasteiger partial charge in [0.15, 0.2) is 0 Å². The van der Waals surface area contributed by atoms with E-state index in [1.54, 1.807) is 5.56 Å². The molecule has 1 aromatic heterocycles. The SMILES string of the molecule is CCNC(c1csc(I)c1)c1ccccc1C1CCC1. The van der Waals surface area contributed by atoms with E-state index in [9.17, 15) is 0 Å². The lowest BCUT2D eigenvalue weighted by Gasteiger charge is -2.30. The van der Waals surface area contributed by atoms with Crippen LogP contribution in [0.4, 0.5) is 0 Å². The number of nitrogens with one attached hydrogen (secondary N) is 1. The van der Waals surface area contributed by atoms with Crippen LogP contribution in [-0.2, 0) is 0 Å². The second-order valence-corrected chi connectivity index (χ2v) is 8.24. The lowest BCUT2D eigenvalue weighted by Crippen LogP contribution is -2.24. The first-order valence-corrected chi connectivity index (χ1v) is 9.31. The molecule has 3 rings (SSSR count). The summed E-state index contributed by atoms with van der Waals surface area (Å²) in [5, 5.41) is 5.97. The van der Waals surface area contributed by atoms with E-state index < -0.39 is 0 Å². The van der Waals surface area contributed by atoms with Gasteiger partial charge in [0.1, 0.15) is 0 Å². The molecule has 1 fully saturated rings. The van der Waals surface area contributed by atoms with Gasteiger partial charge in [0.25, 0.3) is 0 Å². The van der Waals surface area contributed by atoms with Gasteiger partial charge in [0, 0.05) is 0 Å². The summed E-state index contributed by atoms with van der Waals surface area (Å²) in [6.45, 7) is 3.19. The molecule has 1 saturated carbocycles. The molecule has 1 N–H and O–H groups in total. The van der Waals surface area contributed by atoms with E-state index in [1.165, 1.54) is 33.3 Å². The lowest BCUT2D eigenvalue weighted by molar-refractivity contribution is 0.414. The third-order valence-electron chi connectivity index (χ3n) is 4.18. The Labute approximate surface area is 138 Å². The van der Waals surface area contributed by atoms with Gasteiger partial charge < -0.3 is 5.32 Å². The Kier molecular flexibility index (Phi) is 4.79. The van der Waals surface area contributed by atoms with E-state index in [2.05, 4.69) is 70.5 Å². The molecule has 1 aliphatic rings. The van der Waals surface area contributed by atoms with Crippen molar-refractivity contribution in [2.75, 3.05) is 6.54 Å². The summed E-state index contributed by atoms with van der Waals surface area (Å²) in [5.41, 5.74) is 4.45. The molecule has 0 amide bonds. The molecule has 2 aromatic rings. The van der Waals surface area contributed by atoms with Gasteiger partial charge in [-0.1, -0.05) is 37.6 Å². The molecule has 0 aliphatic heterocycles. The van der Waals surface area contributed by atoms with Crippen LogP contribution in [0.2, 0.25) is 0 Å². The van der Waals surface area contributed by atoms with Crippen molar-refractivity contribution in [1.29, 1.82) is 0 Å². The summed E-state index contributed by atoms with van der Waals surface area (Å²) in [6, 6.07) is 11.7. The molecule has 3 heteroatoms. The van der Waals surface area contributed by atoms with E-state index >= 15 is 0 Å². The second kappa shape index (κ2) is 6.58. The highest BCUT2D eigenvalue weighted by molar-refractivity contribution is 14.1. The largest absolute Gasteiger partial charge is 0.306 e. The third kappa shape index (κ3) is 2.95. The molecular formula is C17H20INS. The highest BCUT2D eigenvalue weighted by Crippen LogP contribution is 2.41. The molecule has 1 atom stereocenters. The Morgan fingerprint density at radius 1 is 1.35 bits per heavy atom. The van der Waals surface area contributed by atoms with Gasteiger partial charge in [-0.25, -0.2) is 0 Å². The minimum atomic E-state index is 0.344. The average Bonchev–Trinajstić information content (AvgIpc) is 2.81. The Morgan fingerprint density at radius 3 is 2.75 bits per heavy atom. The molecule has 1 unspecified atom stereocenters. The quantitative estimate of drug-likeness (QED) is 0.674. The molecule has 0 saturated heterocycles. The first-order chi connectivity index (χ1) is 9.79. The van der Waals surface area contributed by atoms with Gasteiger partial charge in [-0.3, -0.25) is 0 Å². The Morgan fingerprint density at radius 2 is 2.15 bits per heavy atom. The predicted molar refractivity (Wildman–Crippen MR) is 95.6 cm³/mol. The minimum absolute atomic E-state index is 0.344. The van der Waals surface area contributed by atoms with Gasteiger partial charge in [-0.2, -0.15) is 0 Å². The summed E-state index contributed by atoms with van der Waals surface area (Å²) in [5.74, 6) is 0.782. The van der Waals surface area contributed by atoms with Crippen LogP contribution >= 0.6 is 33.9 Å². The Hall–Kier alpha value is -0.390. The maximum atomic E-state index is 3.68. The zero-order valence-corrected chi connectivity index (χ0v) is 14.7. The zero-order valence-electron chi connectivity index (χ0n) is 11.7. The van der Waals surface area contributed by atoms with Crippen LogP contribution in [0.1, 0.15) is 54.8 Å². The average molecular weight is 397 g/mol. The highest BCUT2D eigenvalue weighted by atomic mass is 127. The summed E-state index contributed by atoms with van der Waals surface area (Å²) in [7, 11) is 0. The van der Waals surface area contributed by atoms with Gasteiger partial charge >= 0.3 is 0 Å². The third-order valence-corrected chi connectivity index (χ3v) is 5.99. The van der Waals surface area contributed by atoms with Crippen molar-refractivity contribution in [1.82, 2.24) is 5.32 Å². The first kappa shape index (κ1) is 14.5. The van der Waals surface area contributed by atoms with Crippen LogP contribution in [-0.4, -0.2) is 6.54 Å². The number of hydrogen-bond acceptors (Lipinski definition) is 2. The monoisotopic (exact) mass is 397 g/mol. The molecule has 1 nitrogen and oxygen atoms in total. The summed E-state index contributed by atoms with van der Waals surface area (Å²) in [6.07, 6.45) is 4.11. The van der Waals surface area contributed by atoms with Crippen LogP contribution in [0.3, 0.4) is 0 Å². The summed E-state index contributed by atoms with van der Waals surface area (Å²) >= 11 is 4.25. The number of benzene rings is 1. The standard InChI is InChI=1S/C17H20INS/c1-2-19-17(13-10-16(18)20-11-13)15-9-4-3-8-14(15)12-6-5-7-12/h3-4,8-12,17,19H,2,5-7H2,1H3. The topological polar surface area (TPSA) is 12.0 Å². The molecule has 1 heterocycles. The fraction of sp³-hybridized carbons (Fsp3) is 0.412. The van der Waals surface area contributed by atoms with Gasteiger partial charge in [-0.15, -0.1) is 11.3 Å². The predicted octanol–water partition coefficient (Wildman–Crippen LogP) is 5.32. The molecule has 0 spiro atoms. The van der Waals surface area contributed by atoms with E-state index in [4.69, 9.17) is 0 Å². The fourth-order valence-electron chi connectivity index (χ4n) is 2.95. The molecular weight excluding hydrogens is 377 g/mol. The Balaban J connectivity index is 1.98. The van der Waals surface area contributed by atoms with Crippen molar-refractivity contribution < 1.29 is 0 Å². The second-order valence-electron chi connectivity index (χ2n) is 5.43. The Bertz CT molecular complexity index is 574. The minimum Gasteiger partial charge on any atom is -0.306 e. The maximum Gasteiger partial charge on any atom is 0.0656 e. The summed E-state index contributed by atoms with van der Waals surface area (Å²) in [4.78, 5) is 0. The van der Waals surface area contributed by atoms with Gasteiger partial charge in [-0.05, 0) is 76.0 Å². The smallest absolute Gasteiger partial charge is 0.0656 e. The van der Waals surface area contributed by atoms with Crippen molar-refractivity contribution in [2.24, 2.45) is 0 Å². The normalized spacial score (nSPS) is 16.9. The van der Waals surface area contributed by atoms with E-state index in [0.29, 0.717) is 6.04 Å². The fourth-order valence-corrected chi connectivity index (χ4v) is 4.35. The van der Waals surface area contributed by atoms with Gasteiger partial charge in [0.05, 0.1) is 8.93 Å². The van der Waals surface area contributed by atoms with Gasteiger partial charge in [0.2, 0.25) is 0 Å². The highest BCUT2D eigenvalue weighted by Gasteiger charge is 2.25. The van der Waals surface area contributed by atoms with Crippen LogP contribution in [0.25, 0.3) is 0 Å². The maximum absolute atomic E-state index is 3.68. The molecule has 1 aromatic carbocycles. The van der Waals surface area contributed by atoms with Crippen molar-refractivity contribution in [3.8, 4) is 0 Å². The van der Waals surface area contributed by atoms with Crippen molar-refractivity contribution in [2.45, 2.75) is 38.1 Å². The number of hydrogen-bond donors (Lipinski definition) is 1. The van der Waals surface area contributed by atoms with E-state index in [-0.39, 0.29) is 0 Å². The molecule has 0 radical (unpaired) electrons. The van der Waals surface area contributed by atoms with Crippen LogP contribution in [0.5, 0.6) is 0 Å². The van der Waals surface area contributed by atoms with Crippen molar-refractivity contribution >= 4 is 33.9 Å². The zero-order chi connectivity index (χ0) is 13.9. The van der Waals surface area contributed by atoms with E-state index in [0.717, 1.165) is 12.5 Å². The molecule has 0 bridgehead atoms. The number of halogens is 1. The lowest BCUT2D eigenvalue weighted by atomic mass is 9.76. The van der Waals surface area contributed by atoms with E-state index in [1.807, 2.05) is 11.3 Å². The van der Waals surface area contributed by atoms with Crippen molar-refractivity contribution in [3.63, 3.8) is 0 Å².